The molecule has 1 aromatic carbocycles. The molecule has 2 aromatic rings. The van der Waals surface area contributed by atoms with Gasteiger partial charge >= 0.3 is 11.9 Å². The fourth-order valence-electron chi connectivity index (χ4n) is 1.95. The largest absolute Gasteiger partial charge is 0.473 e. The lowest BCUT2D eigenvalue weighted by Crippen LogP contribution is -2.12. The molecule has 7 nitrogen and oxygen atoms in total. The number of carboxylic acid groups (broad SMARTS) is 2. The Bertz CT molecular complexity index is 725. The predicted molar refractivity (Wildman–Crippen MR) is 83.1 cm³/mol. The van der Waals surface area contributed by atoms with Crippen LogP contribution in [0.15, 0.2) is 36.5 Å². The Labute approximate surface area is 137 Å². The summed E-state index contributed by atoms with van der Waals surface area (Å²) >= 11 is 0. The summed E-state index contributed by atoms with van der Waals surface area (Å²) in [7, 11) is 0. The molecular weight excluding hydrogens is 319 g/mol. The van der Waals surface area contributed by atoms with Gasteiger partial charge in [0.05, 0.1) is 5.56 Å². The molecule has 128 valence electrons. The first-order valence-corrected chi connectivity index (χ1v) is 6.88. The van der Waals surface area contributed by atoms with Gasteiger partial charge in [0.25, 0.3) is 5.91 Å². The van der Waals surface area contributed by atoms with Gasteiger partial charge in [-0.1, -0.05) is 12.1 Å². The van der Waals surface area contributed by atoms with E-state index in [0.717, 1.165) is 24.2 Å². The van der Waals surface area contributed by atoms with Gasteiger partial charge < -0.3 is 20.5 Å². The average molecular weight is 336 g/mol. The molecule has 24 heavy (non-hydrogen) atoms. The van der Waals surface area contributed by atoms with E-state index in [0.29, 0.717) is 5.56 Å². The maximum atomic E-state index is 12.7. The number of nitrogens with two attached hydrogens (primary N) is 1. The summed E-state index contributed by atoms with van der Waals surface area (Å²) in [6.07, 6.45) is 2.63. The molecule has 1 heterocycles. The average Bonchev–Trinajstić information content (AvgIpc) is 2.88. The molecular formula is C16H17FN2O5. The van der Waals surface area contributed by atoms with Gasteiger partial charge in [0.2, 0.25) is 0 Å². The molecule has 0 bridgehead atoms. The zero-order valence-corrected chi connectivity index (χ0v) is 12.9. The highest BCUT2D eigenvalue weighted by Crippen LogP contribution is 2.11. The van der Waals surface area contributed by atoms with Gasteiger partial charge in [-0.3, -0.25) is 4.79 Å². The van der Waals surface area contributed by atoms with E-state index in [1.807, 2.05) is 17.7 Å². The van der Waals surface area contributed by atoms with E-state index in [4.69, 9.17) is 25.5 Å². The fourth-order valence-corrected chi connectivity index (χ4v) is 1.95. The van der Waals surface area contributed by atoms with E-state index in [-0.39, 0.29) is 5.82 Å². The first kappa shape index (κ1) is 18.9. The number of aliphatic carboxylic acids is 2. The molecule has 0 fully saturated rings. The van der Waals surface area contributed by atoms with Crippen LogP contribution in [-0.2, 0) is 22.6 Å². The monoisotopic (exact) mass is 336 g/mol. The standard InChI is InChI=1S/C14H15FN2O.C2H2O4/c1-10-13(14(16)18)7-9-17(10)8-6-11-2-4-12(15)5-3-11;3-1(4)2(5)6/h2-5,7,9H,6,8H2,1H3,(H2,16,18);(H,3,4)(H,5,6). The van der Waals surface area contributed by atoms with Crippen LogP contribution in [0.4, 0.5) is 4.39 Å². The summed E-state index contributed by atoms with van der Waals surface area (Å²) in [4.78, 5) is 29.3. The number of hydrogen-bond acceptors (Lipinski definition) is 3. The molecule has 8 heteroatoms. The van der Waals surface area contributed by atoms with Crippen LogP contribution in [0.25, 0.3) is 0 Å². The minimum absolute atomic E-state index is 0.230. The number of nitrogens with zero attached hydrogens (tertiary/aromatic N) is 1. The molecule has 1 aromatic heterocycles. The van der Waals surface area contributed by atoms with Gasteiger partial charge in [0.1, 0.15) is 5.82 Å². The lowest BCUT2D eigenvalue weighted by Gasteiger charge is -2.07. The van der Waals surface area contributed by atoms with Crippen LogP contribution in [-0.4, -0.2) is 32.6 Å². The Morgan fingerprint density at radius 3 is 2.04 bits per heavy atom. The second-order valence-corrected chi connectivity index (χ2v) is 4.86. The molecule has 0 saturated carbocycles. The topological polar surface area (TPSA) is 123 Å². The summed E-state index contributed by atoms with van der Waals surface area (Å²) in [6.45, 7) is 2.61. The number of carbonyl (C=O) groups excluding carboxylic acids is 1. The van der Waals surface area contributed by atoms with Crippen molar-refractivity contribution in [1.82, 2.24) is 4.57 Å². The van der Waals surface area contributed by atoms with Gasteiger partial charge in [-0.25, -0.2) is 14.0 Å². The van der Waals surface area contributed by atoms with Crippen LogP contribution in [0, 0.1) is 12.7 Å². The molecule has 2 rings (SSSR count). The van der Waals surface area contributed by atoms with Crippen molar-refractivity contribution < 1.29 is 29.0 Å². The van der Waals surface area contributed by atoms with Crippen LogP contribution in [0.5, 0.6) is 0 Å². The van der Waals surface area contributed by atoms with E-state index in [2.05, 4.69) is 0 Å². The lowest BCUT2D eigenvalue weighted by molar-refractivity contribution is -0.159. The van der Waals surface area contributed by atoms with Crippen molar-refractivity contribution in [3.05, 3.63) is 59.2 Å². The highest BCUT2D eigenvalue weighted by atomic mass is 19.1. The number of amides is 1. The summed E-state index contributed by atoms with van der Waals surface area (Å²) in [5, 5.41) is 14.8. The van der Waals surface area contributed by atoms with Gasteiger partial charge in [-0.05, 0) is 37.1 Å². The Morgan fingerprint density at radius 2 is 1.62 bits per heavy atom. The molecule has 0 saturated heterocycles. The number of carboxylic acids is 2. The van der Waals surface area contributed by atoms with Crippen molar-refractivity contribution in [3.63, 3.8) is 0 Å². The summed E-state index contributed by atoms with van der Waals surface area (Å²) in [6, 6.07) is 8.16. The predicted octanol–water partition coefficient (Wildman–Crippen LogP) is 1.43. The Balaban J connectivity index is 0.000000413. The summed E-state index contributed by atoms with van der Waals surface area (Å²) in [5.41, 5.74) is 7.73. The van der Waals surface area contributed by atoms with Gasteiger partial charge in [-0.15, -0.1) is 0 Å². The molecule has 0 spiro atoms. The Hall–Kier alpha value is -3.16. The smallest absolute Gasteiger partial charge is 0.414 e. The first-order chi connectivity index (χ1) is 11.2. The minimum Gasteiger partial charge on any atom is -0.473 e. The molecule has 1 amide bonds. The number of rotatable bonds is 4. The van der Waals surface area contributed by atoms with Crippen LogP contribution in [0.3, 0.4) is 0 Å². The van der Waals surface area contributed by atoms with Crippen molar-refractivity contribution in [2.75, 3.05) is 0 Å². The van der Waals surface area contributed by atoms with E-state index in [1.165, 1.54) is 12.1 Å². The number of carbonyl (C=O) groups is 3. The minimum atomic E-state index is -1.82. The van der Waals surface area contributed by atoms with Crippen molar-refractivity contribution in [2.45, 2.75) is 19.9 Å². The summed E-state index contributed by atoms with van der Waals surface area (Å²) in [5.74, 6) is -4.29. The Kier molecular flexibility index (Phi) is 6.66. The lowest BCUT2D eigenvalue weighted by atomic mass is 10.1. The zero-order valence-electron chi connectivity index (χ0n) is 12.9. The van der Waals surface area contributed by atoms with Crippen molar-refractivity contribution in [2.24, 2.45) is 5.73 Å². The third-order valence-corrected chi connectivity index (χ3v) is 3.24. The fraction of sp³-hybridized carbons (Fsp3) is 0.188. The normalized spacial score (nSPS) is 9.75. The quantitative estimate of drug-likeness (QED) is 0.729. The SMILES string of the molecule is Cc1c(C(N)=O)ccn1CCc1ccc(F)cc1.O=C(O)C(=O)O. The molecule has 0 unspecified atom stereocenters. The molecule has 0 aliphatic heterocycles. The number of aromatic nitrogens is 1. The first-order valence-electron chi connectivity index (χ1n) is 6.88. The van der Waals surface area contributed by atoms with Gasteiger partial charge in [0, 0.05) is 18.4 Å². The number of halogens is 1. The second-order valence-electron chi connectivity index (χ2n) is 4.86. The maximum absolute atomic E-state index is 12.7. The van der Waals surface area contributed by atoms with E-state index in [1.54, 1.807) is 18.2 Å². The van der Waals surface area contributed by atoms with E-state index in [9.17, 15) is 9.18 Å². The van der Waals surface area contributed by atoms with E-state index < -0.39 is 17.8 Å². The summed E-state index contributed by atoms with van der Waals surface area (Å²) < 4.78 is 14.7. The molecule has 0 aliphatic carbocycles. The molecule has 0 radical (unpaired) electrons. The number of aryl methyl sites for hydroxylation is 2. The highest BCUT2D eigenvalue weighted by Gasteiger charge is 2.09. The van der Waals surface area contributed by atoms with Crippen molar-refractivity contribution >= 4 is 17.8 Å². The number of hydrogen-bond donors (Lipinski definition) is 3. The third-order valence-electron chi connectivity index (χ3n) is 3.24. The molecule has 0 aliphatic rings. The Morgan fingerprint density at radius 1 is 1.08 bits per heavy atom. The highest BCUT2D eigenvalue weighted by molar-refractivity contribution is 6.27. The van der Waals surface area contributed by atoms with Crippen molar-refractivity contribution in [1.29, 1.82) is 0 Å². The van der Waals surface area contributed by atoms with Crippen LogP contribution in [0.1, 0.15) is 21.6 Å². The zero-order chi connectivity index (χ0) is 18.3. The van der Waals surface area contributed by atoms with Crippen LogP contribution >= 0.6 is 0 Å². The van der Waals surface area contributed by atoms with Crippen molar-refractivity contribution in [3.8, 4) is 0 Å². The molecule has 4 N–H and O–H groups in total. The van der Waals surface area contributed by atoms with E-state index >= 15 is 0 Å². The van der Waals surface area contributed by atoms with Crippen LogP contribution in [0.2, 0.25) is 0 Å². The second kappa shape index (κ2) is 8.47. The maximum Gasteiger partial charge on any atom is 0.414 e. The number of benzene rings is 1. The van der Waals surface area contributed by atoms with Gasteiger partial charge in [0.15, 0.2) is 0 Å². The van der Waals surface area contributed by atoms with Gasteiger partial charge in [-0.2, -0.15) is 0 Å². The van der Waals surface area contributed by atoms with Crippen LogP contribution < -0.4 is 5.73 Å². The third kappa shape index (κ3) is 5.56. The number of primary amides is 1. The molecule has 0 atom stereocenters.